The molecule has 0 spiro atoms. The maximum Gasteiger partial charge on any atom is 0.171 e. The Morgan fingerprint density at radius 1 is 1.26 bits per heavy atom. The third-order valence-corrected chi connectivity index (χ3v) is 5.88. The molecule has 3 aromatic heterocycles. The first-order valence-electron chi connectivity index (χ1n) is 9.53. The molecule has 0 atom stereocenters. The van der Waals surface area contributed by atoms with E-state index in [2.05, 4.69) is 62.2 Å². The first-order valence-corrected chi connectivity index (χ1v) is 10.3. The monoisotopic (exact) mass is 428 g/mol. The lowest BCUT2D eigenvalue weighted by Crippen LogP contribution is -2.38. The summed E-state index contributed by atoms with van der Waals surface area (Å²) in [6, 6.07) is 6.80. The van der Waals surface area contributed by atoms with Crippen molar-refractivity contribution in [3.63, 3.8) is 0 Å². The van der Waals surface area contributed by atoms with Crippen LogP contribution in [0.15, 0.2) is 41.3 Å². The lowest BCUT2D eigenvalue weighted by Gasteiger charge is -2.34. The fourth-order valence-electron chi connectivity index (χ4n) is 3.70. The standard InChI is InChI=1S/C20H25BrN6/c1-14(2)26-8-5-16(6-9-26)18-10-19(23-12-15-4-3-7-22-11-15)27-20(25-18)17(21)13-24-27/h3-4,7,10-11,13-14,16,23H,5-6,8-9,12H2,1-2H3. The Hall–Kier alpha value is -1.99. The van der Waals surface area contributed by atoms with Crippen LogP contribution in [-0.2, 0) is 6.54 Å². The van der Waals surface area contributed by atoms with Gasteiger partial charge in [-0.1, -0.05) is 6.07 Å². The highest BCUT2D eigenvalue weighted by Gasteiger charge is 2.24. The summed E-state index contributed by atoms with van der Waals surface area (Å²) >= 11 is 3.59. The van der Waals surface area contributed by atoms with Crippen molar-refractivity contribution in [1.82, 2.24) is 24.5 Å². The highest BCUT2D eigenvalue weighted by atomic mass is 79.9. The van der Waals surface area contributed by atoms with E-state index >= 15 is 0 Å². The smallest absolute Gasteiger partial charge is 0.171 e. The second-order valence-electron chi connectivity index (χ2n) is 7.41. The number of nitrogens with one attached hydrogen (secondary N) is 1. The summed E-state index contributed by atoms with van der Waals surface area (Å²) in [4.78, 5) is 11.7. The molecule has 1 aliphatic heterocycles. The molecule has 1 fully saturated rings. The van der Waals surface area contributed by atoms with Gasteiger partial charge in [-0.25, -0.2) is 4.98 Å². The van der Waals surface area contributed by atoms with Crippen LogP contribution in [0.5, 0.6) is 0 Å². The Labute approximate surface area is 168 Å². The Balaban J connectivity index is 1.59. The van der Waals surface area contributed by atoms with Crippen LogP contribution in [0.3, 0.4) is 0 Å². The second-order valence-corrected chi connectivity index (χ2v) is 8.27. The molecule has 142 valence electrons. The molecule has 4 rings (SSSR count). The number of likely N-dealkylation sites (tertiary alicyclic amines) is 1. The molecule has 1 aliphatic rings. The van der Waals surface area contributed by atoms with Crippen LogP contribution in [0.2, 0.25) is 0 Å². The summed E-state index contributed by atoms with van der Waals surface area (Å²) in [6.45, 7) is 7.51. The van der Waals surface area contributed by atoms with E-state index in [1.54, 1.807) is 6.20 Å². The second kappa shape index (κ2) is 7.94. The van der Waals surface area contributed by atoms with Crippen molar-refractivity contribution in [3.05, 3.63) is 52.5 Å². The maximum atomic E-state index is 4.93. The van der Waals surface area contributed by atoms with Crippen LogP contribution in [0.25, 0.3) is 5.65 Å². The van der Waals surface area contributed by atoms with Crippen LogP contribution < -0.4 is 5.32 Å². The third-order valence-electron chi connectivity index (χ3n) is 5.32. The van der Waals surface area contributed by atoms with Crippen molar-refractivity contribution in [2.75, 3.05) is 18.4 Å². The van der Waals surface area contributed by atoms with Crippen LogP contribution in [-0.4, -0.2) is 43.6 Å². The average molecular weight is 429 g/mol. The van der Waals surface area contributed by atoms with Gasteiger partial charge in [0.1, 0.15) is 5.82 Å². The Morgan fingerprint density at radius 3 is 2.78 bits per heavy atom. The van der Waals surface area contributed by atoms with Crippen LogP contribution >= 0.6 is 15.9 Å². The molecule has 1 N–H and O–H groups in total. The normalized spacial score (nSPS) is 16.3. The topological polar surface area (TPSA) is 58.4 Å². The molecule has 6 nitrogen and oxygen atoms in total. The van der Waals surface area contributed by atoms with E-state index in [0.29, 0.717) is 18.5 Å². The zero-order valence-electron chi connectivity index (χ0n) is 15.8. The zero-order valence-corrected chi connectivity index (χ0v) is 17.4. The molecule has 0 bridgehead atoms. The van der Waals surface area contributed by atoms with Gasteiger partial charge in [0.25, 0.3) is 0 Å². The van der Waals surface area contributed by atoms with Crippen molar-refractivity contribution in [1.29, 1.82) is 0 Å². The van der Waals surface area contributed by atoms with Crippen molar-refractivity contribution in [2.45, 2.75) is 45.2 Å². The number of pyridine rings is 1. The van der Waals surface area contributed by atoms with Gasteiger partial charge in [0.2, 0.25) is 0 Å². The molecule has 0 unspecified atom stereocenters. The largest absolute Gasteiger partial charge is 0.366 e. The fourth-order valence-corrected chi connectivity index (χ4v) is 4.05. The molecule has 0 aromatic carbocycles. The van der Waals surface area contributed by atoms with Crippen molar-refractivity contribution >= 4 is 27.4 Å². The number of anilines is 1. The van der Waals surface area contributed by atoms with E-state index in [9.17, 15) is 0 Å². The molecule has 0 saturated carbocycles. The van der Waals surface area contributed by atoms with E-state index in [-0.39, 0.29) is 0 Å². The number of hydrogen-bond acceptors (Lipinski definition) is 5. The molecule has 3 aromatic rings. The molecule has 0 radical (unpaired) electrons. The number of hydrogen-bond donors (Lipinski definition) is 1. The predicted molar refractivity (Wildman–Crippen MR) is 111 cm³/mol. The quantitative estimate of drug-likeness (QED) is 0.662. The van der Waals surface area contributed by atoms with E-state index in [1.165, 1.54) is 0 Å². The van der Waals surface area contributed by atoms with E-state index in [0.717, 1.165) is 53.1 Å². The van der Waals surface area contributed by atoms with Gasteiger partial charge < -0.3 is 10.2 Å². The number of piperidine rings is 1. The van der Waals surface area contributed by atoms with Gasteiger partial charge in [0.05, 0.1) is 10.7 Å². The van der Waals surface area contributed by atoms with Crippen molar-refractivity contribution < 1.29 is 0 Å². The number of aromatic nitrogens is 4. The zero-order chi connectivity index (χ0) is 18.8. The number of rotatable bonds is 5. The molecular formula is C20H25BrN6. The highest BCUT2D eigenvalue weighted by molar-refractivity contribution is 9.10. The van der Waals surface area contributed by atoms with Gasteiger partial charge in [-0.2, -0.15) is 9.61 Å². The predicted octanol–water partition coefficient (Wildman–Crippen LogP) is 4.09. The van der Waals surface area contributed by atoms with Crippen molar-refractivity contribution in [2.24, 2.45) is 0 Å². The van der Waals surface area contributed by atoms with Crippen LogP contribution in [0, 0.1) is 0 Å². The third kappa shape index (κ3) is 3.99. The molecular weight excluding hydrogens is 404 g/mol. The first-order chi connectivity index (χ1) is 13.1. The summed E-state index contributed by atoms with van der Waals surface area (Å²) in [6.07, 6.45) is 7.78. The first kappa shape index (κ1) is 18.4. The molecule has 0 aliphatic carbocycles. The SMILES string of the molecule is CC(C)N1CCC(c2cc(NCc3cccnc3)n3ncc(Br)c3n2)CC1. The van der Waals surface area contributed by atoms with E-state index < -0.39 is 0 Å². The lowest BCUT2D eigenvalue weighted by atomic mass is 9.92. The summed E-state index contributed by atoms with van der Waals surface area (Å²) in [5, 5.41) is 7.99. The number of fused-ring (bicyclic) bond motifs is 1. The van der Waals surface area contributed by atoms with E-state index in [4.69, 9.17) is 4.98 Å². The minimum Gasteiger partial charge on any atom is -0.366 e. The van der Waals surface area contributed by atoms with Crippen LogP contribution in [0.1, 0.15) is 43.9 Å². The lowest BCUT2D eigenvalue weighted by molar-refractivity contribution is 0.171. The minimum absolute atomic E-state index is 0.491. The molecule has 1 saturated heterocycles. The summed E-state index contributed by atoms with van der Waals surface area (Å²) in [5.41, 5.74) is 3.16. The Kier molecular flexibility index (Phi) is 5.41. The van der Waals surface area contributed by atoms with Crippen LogP contribution in [0.4, 0.5) is 5.82 Å². The van der Waals surface area contributed by atoms with Gasteiger partial charge in [-0.05, 0) is 67.3 Å². The number of halogens is 1. The Bertz CT molecular complexity index is 899. The van der Waals surface area contributed by atoms with Crippen molar-refractivity contribution in [3.8, 4) is 0 Å². The Morgan fingerprint density at radius 2 is 2.07 bits per heavy atom. The molecule has 4 heterocycles. The maximum absolute atomic E-state index is 4.93. The summed E-state index contributed by atoms with van der Waals surface area (Å²) in [5.74, 6) is 1.46. The van der Waals surface area contributed by atoms with Gasteiger partial charge in [0, 0.05) is 42.7 Å². The highest BCUT2D eigenvalue weighted by Crippen LogP contribution is 2.31. The summed E-state index contributed by atoms with van der Waals surface area (Å²) in [7, 11) is 0. The molecule has 7 heteroatoms. The average Bonchev–Trinajstić information content (AvgIpc) is 3.08. The van der Waals surface area contributed by atoms with E-state index in [1.807, 2.05) is 23.0 Å². The fraction of sp³-hybridized carbons (Fsp3) is 0.450. The van der Waals surface area contributed by atoms with Gasteiger partial charge in [-0.15, -0.1) is 0 Å². The van der Waals surface area contributed by atoms with Gasteiger partial charge >= 0.3 is 0 Å². The minimum atomic E-state index is 0.491. The molecule has 0 amide bonds. The molecule has 27 heavy (non-hydrogen) atoms. The number of nitrogens with zero attached hydrogens (tertiary/aromatic N) is 5. The summed E-state index contributed by atoms with van der Waals surface area (Å²) < 4.78 is 2.79. The van der Waals surface area contributed by atoms with Gasteiger partial charge in [-0.3, -0.25) is 4.98 Å². The van der Waals surface area contributed by atoms with Gasteiger partial charge in [0.15, 0.2) is 5.65 Å².